The van der Waals surface area contributed by atoms with Crippen LogP contribution in [0.1, 0.15) is 71.9 Å². The van der Waals surface area contributed by atoms with Gasteiger partial charge in [-0.15, -0.1) is 0 Å². The van der Waals surface area contributed by atoms with Crippen molar-refractivity contribution in [1.29, 1.82) is 0 Å². The van der Waals surface area contributed by atoms with Gasteiger partial charge in [0.1, 0.15) is 31.3 Å². The normalized spacial score (nSPS) is 13.0. The van der Waals surface area contributed by atoms with E-state index in [1.807, 2.05) is 65.8 Å². The number of hydrazine groups is 1. The summed E-state index contributed by atoms with van der Waals surface area (Å²) in [5.74, 6) is 2.96. The number of ether oxygens (including phenoxy) is 2. The summed E-state index contributed by atoms with van der Waals surface area (Å²) in [7, 11) is 0. The van der Waals surface area contributed by atoms with Gasteiger partial charge in [-0.3, -0.25) is 19.8 Å². The van der Waals surface area contributed by atoms with Gasteiger partial charge >= 0.3 is 12.2 Å². The van der Waals surface area contributed by atoms with Crippen molar-refractivity contribution in [2.24, 2.45) is 23.6 Å². The van der Waals surface area contributed by atoms with Gasteiger partial charge in [-0.25, -0.2) is 20.3 Å². The van der Waals surface area contributed by atoms with Crippen molar-refractivity contribution >= 4 is 29.9 Å². The Morgan fingerprint density at radius 2 is 1.13 bits per heavy atom. The topological polar surface area (TPSA) is 169 Å². The number of alkyl carbamates (subject to hydrolysis) is 1. The zero-order chi connectivity index (χ0) is 34.2. The number of hydrogen-bond acceptors (Lipinski definition) is 8. The molecule has 0 saturated carbocycles. The maximum absolute atomic E-state index is 14.3. The maximum Gasteiger partial charge on any atom is 0.417 e. The molecule has 12 heteroatoms. The van der Waals surface area contributed by atoms with Crippen LogP contribution in [0.2, 0.25) is 0 Å². The van der Waals surface area contributed by atoms with Crippen molar-refractivity contribution in [1.82, 2.24) is 21.0 Å². The minimum atomic E-state index is -1.37. The van der Waals surface area contributed by atoms with Crippen molar-refractivity contribution in [3.05, 3.63) is 71.8 Å². The van der Waals surface area contributed by atoms with Crippen molar-refractivity contribution in [2.45, 2.75) is 92.1 Å². The summed E-state index contributed by atoms with van der Waals surface area (Å²) in [6.45, 7) is 11.0. The second-order valence-corrected chi connectivity index (χ2v) is 12.5. The Kier molecular flexibility index (Phi) is 15.7. The molecule has 46 heavy (non-hydrogen) atoms. The van der Waals surface area contributed by atoms with Crippen LogP contribution in [0, 0.1) is 17.8 Å². The van der Waals surface area contributed by atoms with E-state index in [2.05, 4.69) is 16.1 Å². The Morgan fingerprint density at radius 1 is 0.652 bits per heavy atom. The summed E-state index contributed by atoms with van der Waals surface area (Å²) in [5.41, 5.74) is 3.49. The molecule has 5 amide bonds. The number of carbonyl (C=O) groups excluding carboxylic acids is 5. The van der Waals surface area contributed by atoms with Gasteiger partial charge in [-0.1, -0.05) is 102 Å². The molecule has 12 nitrogen and oxygen atoms in total. The summed E-state index contributed by atoms with van der Waals surface area (Å²) in [6, 6.07) is 14.3. The van der Waals surface area contributed by atoms with Crippen molar-refractivity contribution in [3.8, 4) is 0 Å². The quantitative estimate of drug-likeness (QED) is 0.119. The number of nitrogens with two attached hydrogens (primary N) is 1. The first-order valence-electron chi connectivity index (χ1n) is 15.6. The molecule has 2 aromatic carbocycles. The molecule has 0 heterocycles. The second-order valence-electron chi connectivity index (χ2n) is 12.5. The number of carbonyl (C=O) groups is 5. The predicted octanol–water partition coefficient (Wildman–Crippen LogP) is 4.43. The van der Waals surface area contributed by atoms with E-state index in [1.165, 1.54) is 0 Å². The van der Waals surface area contributed by atoms with Crippen molar-refractivity contribution < 1.29 is 33.4 Å². The largest absolute Gasteiger partial charge is 0.445 e. The van der Waals surface area contributed by atoms with E-state index >= 15 is 0 Å². The van der Waals surface area contributed by atoms with Gasteiger partial charge < -0.3 is 20.1 Å². The van der Waals surface area contributed by atoms with Crippen LogP contribution in [0.3, 0.4) is 0 Å². The van der Waals surface area contributed by atoms with Crippen molar-refractivity contribution in [2.75, 3.05) is 0 Å². The zero-order valence-corrected chi connectivity index (χ0v) is 27.7. The molecule has 0 fully saturated rings. The molecule has 2 aromatic rings. The molecule has 0 aliphatic heterocycles. The molecule has 3 atom stereocenters. The third-order valence-electron chi connectivity index (χ3n) is 6.94. The standard InChI is InChI=1S/C34H49N5O7/c1-22(2)17-27(30(40)38-35)36-31(41)29(19-24(5)6)39(34(44)46-21-26-15-11-8-12-16-26)32(42)28(18-23(3)4)37-33(43)45-20-25-13-9-7-10-14-25/h7-16,22-24,27-29H,17-21,35H2,1-6H3,(H,36,41)(H,37,43)(H,38,40)/t27-,28-,29-/m0/s1. The van der Waals surface area contributed by atoms with E-state index in [4.69, 9.17) is 15.3 Å². The van der Waals surface area contributed by atoms with E-state index in [0.717, 1.165) is 10.5 Å². The molecule has 0 saturated heterocycles. The highest BCUT2D eigenvalue weighted by Gasteiger charge is 2.41. The highest BCUT2D eigenvalue weighted by molar-refractivity contribution is 6.01. The number of hydrogen-bond donors (Lipinski definition) is 4. The summed E-state index contributed by atoms with van der Waals surface area (Å²) < 4.78 is 10.9. The first-order valence-corrected chi connectivity index (χ1v) is 15.6. The minimum Gasteiger partial charge on any atom is -0.445 e. The lowest BCUT2D eigenvalue weighted by Crippen LogP contribution is -2.60. The van der Waals surface area contributed by atoms with E-state index in [0.29, 0.717) is 5.56 Å². The lowest BCUT2D eigenvalue weighted by molar-refractivity contribution is -0.142. The number of benzene rings is 2. The van der Waals surface area contributed by atoms with Crippen LogP contribution in [0.25, 0.3) is 0 Å². The average molecular weight is 640 g/mol. The second kappa shape index (κ2) is 19.2. The molecule has 252 valence electrons. The van der Waals surface area contributed by atoms with Crippen LogP contribution in [-0.2, 0) is 37.1 Å². The Balaban J connectivity index is 2.46. The number of nitrogens with one attached hydrogen (secondary N) is 3. The summed E-state index contributed by atoms with van der Waals surface area (Å²) in [4.78, 5) is 68.2. The summed E-state index contributed by atoms with van der Waals surface area (Å²) in [6.07, 6.45) is -1.46. The first kappa shape index (κ1) is 37.7. The van der Waals surface area contributed by atoms with Gasteiger partial charge in [0.2, 0.25) is 5.91 Å². The molecule has 0 aromatic heterocycles. The van der Waals surface area contributed by atoms with Crippen LogP contribution in [0.4, 0.5) is 9.59 Å². The Hall–Kier alpha value is -4.45. The molecule has 0 bridgehead atoms. The van der Waals surface area contributed by atoms with Crippen molar-refractivity contribution in [3.63, 3.8) is 0 Å². The van der Waals surface area contributed by atoms with E-state index in [9.17, 15) is 24.0 Å². The summed E-state index contributed by atoms with van der Waals surface area (Å²) >= 11 is 0. The van der Waals surface area contributed by atoms with Gasteiger partial charge in [0.15, 0.2) is 0 Å². The Labute approximate surface area is 271 Å². The fourth-order valence-corrected chi connectivity index (χ4v) is 4.78. The highest BCUT2D eigenvalue weighted by atomic mass is 16.6. The zero-order valence-electron chi connectivity index (χ0n) is 27.7. The fraction of sp³-hybridized carbons (Fsp3) is 0.500. The lowest BCUT2D eigenvalue weighted by atomic mass is 9.97. The van der Waals surface area contributed by atoms with Crippen LogP contribution in [0.15, 0.2) is 60.7 Å². The molecular formula is C34H49N5O7. The molecular weight excluding hydrogens is 590 g/mol. The van der Waals surface area contributed by atoms with Crippen LogP contribution in [-0.4, -0.2) is 52.9 Å². The van der Waals surface area contributed by atoms with Crippen LogP contribution >= 0.6 is 0 Å². The molecule has 0 spiro atoms. The Bertz CT molecular complexity index is 1270. The van der Waals surface area contributed by atoms with Crippen LogP contribution < -0.4 is 21.9 Å². The lowest BCUT2D eigenvalue weighted by Gasteiger charge is -2.33. The van der Waals surface area contributed by atoms with E-state index in [1.54, 1.807) is 36.4 Å². The molecule has 0 unspecified atom stereocenters. The number of nitrogens with zero attached hydrogens (tertiary/aromatic N) is 1. The Morgan fingerprint density at radius 3 is 1.61 bits per heavy atom. The maximum atomic E-state index is 14.3. The number of rotatable bonds is 16. The number of amides is 5. The van der Waals surface area contributed by atoms with Gasteiger partial charge in [0, 0.05) is 0 Å². The SMILES string of the molecule is CC(C)C[C@H](NC(=O)[C@H](CC(C)C)N(C(=O)OCc1ccccc1)C(=O)[C@H](CC(C)C)NC(=O)OCc1ccccc1)C(=O)NN. The predicted molar refractivity (Wildman–Crippen MR) is 173 cm³/mol. The van der Waals surface area contributed by atoms with Gasteiger partial charge in [-0.05, 0) is 48.1 Å². The van der Waals surface area contributed by atoms with E-state index in [-0.39, 0.29) is 50.2 Å². The third kappa shape index (κ3) is 12.9. The highest BCUT2D eigenvalue weighted by Crippen LogP contribution is 2.20. The monoisotopic (exact) mass is 639 g/mol. The van der Waals surface area contributed by atoms with Gasteiger partial charge in [0.05, 0.1) is 0 Å². The van der Waals surface area contributed by atoms with Gasteiger partial charge in [0.25, 0.3) is 11.8 Å². The van der Waals surface area contributed by atoms with E-state index < -0.39 is 48.0 Å². The number of imide groups is 1. The summed E-state index contributed by atoms with van der Waals surface area (Å²) in [5, 5.41) is 5.28. The molecule has 0 aliphatic rings. The average Bonchev–Trinajstić information content (AvgIpc) is 3.01. The third-order valence-corrected chi connectivity index (χ3v) is 6.94. The smallest absolute Gasteiger partial charge is 0.417 e. The van der Waals surface area contributed by atoms with Gasteiger partial charge in [-0.2, -0.15) is 0 Å². The fourth-order valence-electron chi connectivity index (χ4n) is 4.78. The minimum absolute atomic E-state index is 0.0150. The molecule has 5 N–H and O–H groups in total. The molecule has 0 radical (unpaired) electrons. The molecule has 2 rings (SSSR count). The first-order chi connectivity index (χ1) is 21.8. The van der Waals surface area contributed by atoms with Crippen LogP contribution in [0.5, 0.6) is 0 Å². The molecule has 0 aliphatic carbocycles.